The second kappa shape index (κ2) is 40.2. The summed E-state index contributed by atoms with van der Waals surface area (Å²) in [5.74, 6) is -2.94. The number of hydrogen-bond donors (Lipinski definition) is 10. The summed E-state index contributed by atoms with van der Waals surface area (Å²) in [6.07, 6.45) is 24.3. The number of thioether (sulfide) groups is 1. The van der Waals surface area contributed by atoms with Gasteiger partial charge in [-0.2, -0.15) is 0 Å². The van der Waals surface area contributed by atoms with Crippen LogP contribution in [0.15, 0.2) is 85.1 Å². The third kappa shape index (κ3) is 33.5. The van der Waals surface area contributed by atoms with E-state index in [4.69, 9.17) is 29.4 Å². The highest BCUT2D eigenvalue weighted by atomic mass is 32.2. The molecule has 418 valence electrons. The summed E-state index contributed by atoms with van der Waals surface area (Å²) in [4.78, 5) is 66.6. The summed E-state index contributed by atoms with van der Waals surface area (Å²) < 4.78 is 49.9. The Bertz CT molecular complexity index is 1850. The highest BCUT2D eigenvalue weighted by Gasteiger charge is 2.54. The fraction of sp³-hybridized carbons (Fsp3) is 0.660. The molecular weight excluding hydrogens is 1010 g/mol. The zero-order valence-corrected chi connectivity index (χ0v) is 44.8. The molecule has 1 aliphatic rings. The van der Waals surface area contributed by atoms with Gasteiger partial charge in [0, 0.05) is 23.8 Å². The molecule has 73 heavy (non-hydrogen) atoms. The molecule has 11 atom stereocenters. The van der Waals surface area contributed by atoms with Crippen molar-refractivity contribution >= 4 is 45.3 Å². The van der Waals surface area contributed by atoms with Gasteiger partial charge < -0.3 is 60.5 Å². The molecule has 0 bridgehead atoms. The molecule has 0 saturated heterocycles. The minimum absolute atomic E-state index is 0.103. The second-order valence-electron chi connectivity index (χ2n) is 17.4. The van der Waals surface area contributed by atoms with Crippen LogP contribution in [0.4, 0.5) is 0 Å². The molecular formula is C50H83NO19P2S. The van der Waals surface area contributed by atoms with E-state index in [1.807, 2.05) is 30.4 Å². The van der Waals surface area contributed by atoms with Crippen molar-refractivity contribution < 1.29 is 91.9 Å². The van der Waals surface area contributed by atoms with Crippen LogP contribution in [0.1, 0.15) is 129 Å². The summed E-state index contributed by atoms with van der Waals surface area (Å²) in [6, 6.07) is -1.32. The van der Waals surface area contributed by atoms with Gasteiger partial charge >= 0.3 is 33.6 Å². The molecule has 0 aromatic heterocycles. The van der Waals surface area contributed by atoms with Crippen LogP contribution in [0.25, 0.3) is 0 Å². The quantitative estimate of drug-likeness (QED) is 0.00999. The number of carboxylic acids is 1. The van der Waals surface area contributed by atoms with Crippen LogP contribution in [-0.2, 0) is 46.6 Å². The molecule has 1 unspecified atom stereocenters. The van der Waals surface area contributed by atoms with Crippen molar-refractivity contribution in [3.63, 3.8) is 0 Å². The third-order valence-corrected chi connectivity index (χ3v) is 13.8. The lowest BCUT2D eigenvalue weighted by Gasteiger charge is -2.43. The lowest BCUT2D eigenvalue weighted by atomic mass is 9.85. The monoisotopic (exact) mass is 1100 g/mol. The second-order valence-corrected chi connectivity index (χ2v) is 21.2. The minimum atomic E-state index is -5.51. The highest BCUT2D eigenvalue weighted by Crippen LogP contribution is 2.50. The molecule has 0 aromatic rings. The Labute approximate surface area is 435 Å². The number of ether oxygens (including phenoxy) is 2. The van der Waals surface area contributed by atoms with Crippen LogP contribution in [0, 0.1) is 0 Å². The average Bonchev–Trinajstić information content (AvgIpc) is 3.33. The van der Waals surface area contributed by atoms with Crippen molar-refractivity contribution in [1.82, 2.24) is 0 Å². The summed E-state index contributed by atoms with van der Waals surface area (Å²) >= 11 is 1.10. The lowest BCUT2D eigenvalue weighted by molar-refractivity contribution is -0.216. The fourth-order valence-corrected chi connectivity index (χ4v) is 9.53. The molecule has 1 fully saturated rings. The molecule has 0 amide bonds. The number of rotatable bonds is 41. The van der Waals surface area contributed by atoms with Crippen LogP contribution in [0.5, 0.6) is 0 Å². The number of allylic oxidation sites excluding steroid dienone is 13. The number of esters is 2. The predicted octanol–water partition coefficient (Wildman–Crippen LogP) is 6.71. The fourth-order valence-electron chi connectivity index (χ4n) is 6.88. The topological polar surface area (TPSA) is 340 Å². The maximum Gasteiger partial charge on any atom is 0.472 e. The van der Waals surface area contributed by atoms with E-state index < -0.39 is 107 Å². The number of carbonyl (C=O) groups excluding carboxylic acids is 2. The van der Waals surface area contributed by atoms with E-state index in [0.29, 0.717) is 19.3 Å². The first-order valence-corrected chi connectivity index (χ1v) is 29.1. The number of phosphoric ester groups is 2. The number of hydrogen-bond acceptors (Lipinski definition) is 17. The first-order chi connectivity index (χ1) is 34.7. The lowest BCUT2D eigenvalue weighted by Crippen LogP contribution is -2.64. The van der Waals surface area contributed by atoms with Gasteiger partial charge in [-0.05, 0) is 77.0 Å². The first-order valence-electron chi connectivity index (χ1n) is 25.1. The van der Waals surface area contributed by atoms with Gasteiger partial charge in [-0.1, -0.05) is 125 Å². The average molecular weight is 1100 g/mol. The van der Waals surface area contributed by atoms with Gasteiger partial charge in [-0.15, -0.1) is 11.8 Å². The van der Waals surface area contributed by atoms with Gasteiger partial charge in [-0.3, -0.25) is 28.0 Å². The van der Waals surface area contributed by atoms with Crippen molar-refractivity contribution in [1.29, 1.82) is 0 Å². The molecule has 0 aromatic carbocycles. The van der Waals surface area contributed by atoms with Crippen molar-refractivity contribution in [3.8, 4) is 0 Å². The molecule has 11 N–H and O–H groups in total. The van der Waals surface area contributed by atoms with Crippen LogP contribution >= 0.6 is 27.4 Å². The van der Waals surface area contributed by atoms with Crippen molar-refractivity contribution in [3.05, 3.63) is 85.1 Å². The van der Waals surface area contributed by atoms with E-state index in [1.54, 1.807) is 18.2 Å². The number of aliphatic hydroxyl groups excluding tert-OH is 5. The van der Waals surface area contributed by atoms with Crippen molar-refractivity contribution in [2.24, 2.45) is 5.73 Å². The highest BCUT2D eigenvalue weighted by molar-refractivity contribution is 8.00. The number of phosphoric acid groups is 2. The Morgan fingerprint density at radius 2 is 1.16 bits per heavy atom. The number of nitrogens with two attached hydrogens (primary N) is 1. The van der Waals surface area contributed by atoms with Gasteiger partial charge in [0.2, 0.25) is 0 Å². The van der Waals surface area contributed by atoms with Crippen LogP contribution in [0.2, 0.25) is 0 Å². The molecule has 1 aliphatic carbocycles. The van der Waals surface area contributed by atoms with Gasteiger partial charge in [0.15, 0.2) is 6.10 Å². The Kier molecular flexibility index (Phi) is 37.4. The molecule has 23 heteroatoms. The Morgan fingerprint density at radius 1 is 0.644 bits per heavy atom. The molecule has 0 spiro atoms. The summed E-state index contributed by atoms with van der Waals surface area (Å²) in [6.45, 7) is 2.53. The van der Waals surface area contributed by atoms with Gasteiger partial charge in [0.1, 0.15) is 49.3 Å². The molecule has 0 aliphatic heterocycles. The standard InChI is InChI=1S/C50H83NO19P2S/c1-3-5-7-9-11-13-15-17-18-19-21-23-25-27-29-34-43(55)68-38(36-67-72(64,65)70-49-47(59)45(57)44(56)46(58)48(49)69-71(61,62)63)35-66-50(60)39(51)37-73-41(40(52)31-30-33-42(53)54)32-28-26-24-22-20-16-14-12-10-8-6-4-2/h11-14,17-18,20-24,26,28,32,38-41,44-49,52,56-59H,3-10,15-16,19,25,27,29-31,33-37,51H2,1-2H3,(H,53,54)(H,64,65)(H2,61,62,63)/b13-11-,14-12-,18-17-,22-20-,23-21-,26-24+,32-28+/t38-,39+,40+,41-,44+,45+,46-,47-,48-,49+/m1/s1. The minimum Gasteiger partial charge on any atom is -0.481 e. The van der Waals surface area contributed by atoms with Gasteiger partial charge in [-0.25, -0.2) is 9.13 Å². The van der Waals surface area contributed by atoms with Gasteiger partial charge in [0.25, 0.3) is 0 Å². The molecule has 20 nitrogen and oxygen atoms in total. The van der Waals surface area contributed by atoms with E-state index in [-0.39, 0.29) is 31.4 Å². The Hall–Kier alpha value is -3.08. The van der Waals surface area contributed by atoms with E-state index >= 15 is 0 Å². The van der Waals surface area contributed by atoms with E-state index in [0.717, 1.165) is 56.7 Å². The zero-order chi connectivity index (χ0) is 54.5. The normalized spacial score (nSPS) is 22.6. The third-order valence-electron chi connectivity index (χ3n) is 10.9. The van der Waals surface area contributed by atoms with Crippen LogP contribution < -0.4 is 5.73 Å². The maximum absolute atomic E-state index is 13.2. The van der Waals surface area contributed by atoms with E-state index in [9.17, 15) is 63.7 Å². The van der Waals surface area contributed by atoms with E-state index in [1.165, 1.54) is 25.7 Å². The predicted molar refractivity (Wildman–Crippen MR) is 279 cm³/mol. The summed E-state index contributed by atoms with van der Waals surface area (Å²) in [5.41, 5.74) is 6.17. The number of unbranched alkanes of at least 4 members (excludes halogenated alkanes) is 8. The first kappa shape index (κ1) is 67.9. The van der Waals surface area contributed by atoms with Crippen LogP contribution in [-0.4, -0.2) is 142 Å². The van der Waals surface area contributed by atoms with Crippen molar-refractivity contribution in [2.75, 3.05) is 19.0 Å². The largest absolute Gasteiger partial charge is 0.481 e. The Balaban J connectivity index is 3.04. The molecule has 1 rings (SSSR count). The summed E-state index contributed by atoms with van der Waals surface area (Å²) in [5, 5.41) is 60.5. The molecule has 1 saturated carbocycles. The number of carboxylic acid groups (broad SMARTS) is 1. The van der Waals surface area contributed by atoms with Crippen LogP contribution in [0.3, 0.4) is 0 Å². The Morgan fingerprint density at radius 3 is 1.71 bits per heavy atom. The molecule has 0 heterocycles. The number of carbonyl (C=O) groups is 3. The van der Waals surface area contributed by atoms with Gasteiger partial charge in [0.05, 0.1) is 12.7 Å². The number of aliphatic hydroxyl groups is 5. The van der Waals surface area contributed by atoms with Crippen molar-refractivity contribution in [2.45, 2.75) is 190 Å². The smallest absolute Gasteiger partial charge is 0.472 e. The SMILES string of the molecule is CCCCC/C=C\C\C=C/C=C/C=C/[C@@H](SC[C@H](N)C(=O)OC[C@H](COP(=O)(O)O[C@H]1[C@H](O)[C@@H](O)[C@H](O)[C@@H](O)[C@H]1OP(=O)(O)O)OC(=O)CCCC/C=C\C/C=C\C/C=C\CCCCC)[C@@H](O)CCCC(=O)O. The maximum atomic E-state index is 13.2. The molecule has 0 radical (unpaired) electrons. The zero-order valence-electron chi connectivity index (χ0n) is 42.2. The number of aliphatic carboxylic acids is 1. The summed E-state index contributed by atoms with van der Waals surface area (Å²) in [7, 11) is -11.0. The van der Waals surface area contributed by atoms with E-state index in [2.05, 4.69) is 54.8 Å².